The number of urea groups is 1. The summed E-state index contributed by atoms with van der Waals surface area (Å²) in [6.45, 7) is 4.63. The fourth-order valence-corrected chi connectivity index (χ4v) is 1.93. The highest BCUT2D eigenvalue weighted by Crippen LogP contribution is 2.07. The van der Waals surface area contributed by atoms with E-state index >= 15 is 0 Å². The summed E-state index contributed by atoms with van der Waals surface area (Å²) in [5, 5.41) is 7.86. The average Bonchev–Trinajstić information content (AvgIpc) is 2.37. The van der Waals surface area contributed by atoms with Crippen LogP contribution >= 0.6 is 0 Å². The van der Waals surface area contributed by atoms with Crippen molar-refractivity contribution >= 4 is 11.9 Å². The molecule has 1 aliphatic rings. The molecule has 2 unspecified atom stereocenters. The Hall–Kier alpha value is -1.18. The molecule has 0 bridgehead atoms. The number of piperazine rings is 1. The predicted molar refractivity (Wildman–Crippen MR) is 64.5 cm³/mol. The summed E-state index contributed by atoms with van der Waals surface area (Å²) in [6.07, 6.45) is 0. The number of imide groups is 1. The van der Waals surface area contributed by atoms with E-state index in [0.29, 0.717) is 6.54 Å². The molecule has 1 fully saturated rings. The number of nitrogens with two attached hydrogens (primary N) is 1. The number of carbonyl (C=O) groups is 2. The van der Waals surface area contributed by atoms with Crippen LogP contribution in [-0.2, 0) is 4.79 Å². The molecule has 0 spiro atoms. The van der Waals surface area contributed by atoms with Crippen molar-refractivity contribution in [1.29, 1.82) is 0 Å². The molecule has 0 aromatic carbocycles. The molecular formula is C10H21N5O2. The van der Waals surface area contributed by atoms with E-state index in [9.17, 15) is 9.59 Å². The van der Waals surface area contributed by atoms with Gasteiger partial charge in [-0.05, 0) is 6.92 Å². The van der Waals surface area contributed by atoms with Crippen molar-refractivity contribution in [2.24, 2.45) is 5.73 Å². The summed E-state index contributed by atoms with van der Waals surface area (Å²) < 4.78 is 0. The van der Waals surface area contributed by atoms with Gasteiger partial charge in [-0.25, -0.2) is 4.79 Å². The number of nitrogens with zero attached hydrogens (tertiary/aromatic N) is 1. The lowest BCUT2D eigenvalue weighted by Gasteiger charge is -2.38. The first kappa shape index (κ1) is 13.9. The van der Waals surface area contributed by atoms with Crippen LogP contribution in [0.5, 0.6) is 0 Å². The second-order valence-corrected chi connectivity index (χ2v) is 4.08. The summed E-state index contributed by atoms with van der Waals surface area (Å²) in [7, 11) is 1.47. The van der Waals surface area contributed by atoms with Gasteiger partial charge < -0.3 is 16.4 Å². The van der Waals surface area contributed by atoms with E-state index in [1.165, 1.54) is 7.05 Å². The van der Waals surface area contributed by atoms with Crippen LogP contribution in [-0.4, -0.2) is 62.1 Å². The quantitative estimate of drug-likeness (QED) is 0.462. The Morgan fingerprint density at radius 3 is 2.88 bits per heavy atom. The minimum Gasteiger partial charge on any atom is -0.341 e. The van der Waals surface area contributed by atoms with Gasteiger partial charge in [0.05, 0.1) is 6.04 Å². The lowest BCUT2D eigenvalue weighted by atomic mass is 10.1. The zero-order valence-corrected chi connectivity index (χ0v) is 10.3. The molecule has 0 aromatic rings. The summed E-state index contributed by atoms with van der Waals surface area (Å²) in [5.74, 6) is -0.301. The van der Waals surface area contributed by atoms with Gasteiger partial charge in [-0.1, -0.05) is 0 Å². The lowest BCUT2D eigenvalue weighted by Crippen LogP contribution is -2.60. The smallest absolute Gasteiger partial charge is 0.321 e. The molecule has 7 heteroatoms. The largest absolute Gasteiger partial charge is 0.341 e. The highest BCUT2D eigenvalue weighted by atomic mass is 16.2. The fraction of sp³-hybridized carbons (Fsp3) is 0.800. The topological polar surface area (TPSA) is 99.5 Å². The molecule has 0 saturated carbocycles. The van der Waals surface area contributed by atoms with Crippen molar-refractivity contribution in [2.75, 3.05) is 33.2 Å². The van der Waals surface area contributed by atoms with Crippen LogP contribution in [0.2, 0.25) is 0 Å². The third kappa shape index (κ3) is 3.65. The van der Waals surface area contributed by atoms with Crippen LogP contribution < -0.4 is 21.7 Å². The summed E-state index contributed by atoms with van der Waals surface area (Å²) in [4.78, 5) is 24.9. The van der Waals surface area contributed by atoms with Gasteiger partial charge in [0.15, 0.2) is 0 Å². The Bertz CT molecular complexity index is 284. The molecule has 1 heterocycles. The second kappa shape index (κ2) is 6.53. The summed E-state index contributed by atoms with van der Waals surface area (Å²) in [6, 6.07) is -0.710. The minimum atomic E-state index is -0.485. The number of nitrogens with one attached hydrogen (secondary N) is 3. The highest BCUT2D eigenvalue weighted by molar-refractivity contribution is 5.96. The third-order valence-electron chi connectivity index (χ3n) is 3.01. The van der Waals surface area contributed by atoms with Crippen molar-refractivity contribution in [2.45, 2.75) is 19.0 Å². The standard InChI is InChI=1S/C10H21N5O2/c1-7(9(16)14-10(17)12-2)15-4-3-13-6-8(15)5-11/h7-8,13H,3-6,11H2,1-2H3,(H2,12,14,16,17). The molecule has 98 valence electrons. The molecule has 17 heavy (non-hydrogen) atoms. The number of hydrogen-bond donors (Lipinski definition) is 4. The molecular weight excluding hydrogens is 222 g/mol. The van der Waals surface area contributed by atoms with Gasteiger partial charge in [0.2, 0.25) is 5.91 Å². The van der Waals surface area contributed by atoms with E-state index in [0.717, 1.165) is 19.6 Å². The molecule has 0 aliphatic carbocycles. The van der Waals surface area contributed by atoms with Gasteiger partial charge in [-0.15, -0.1) is 0 Å². The predicted octanol–water partition coefficient (Wildman–Crippen LogP) is -1.94. The van der Waals surface area contributed by atoms with Crippen molar-refractivity contribution in [3.63, 3.8) is 0 Å². The van der Waals surface area contributed by atoms with Crippen LogP contribution in [0, 0.1) is 0 Å². The van der Waals surface area contributed by atoms with Gasteiger partial charge in [-0.2, -0.15) is 0 Å². The molecule has 3 amide bonds. The summed E-state index contributed by atoms with van der Waals surface area (Å²) >= 11 is 0. The van der Waals surface area contributed by atoms with E-state index in [1.807, 2.05) is 4.90 Å². The summed E-state index contributed by atoms with van der Waals surface area (Å²) in [5.41, 5.74) is 5.67. The van der Waals surface area contributed by atoms with Gasteiger partial charge in [0.1, 0.15) is 0 Å². The van der Waals surface area contributed by atoms with Crippen molar-refractivity contribution in [1.82, 2.24) is 20.9 Å². The molecule has 5 N–H and O–H groups in total. The van der Waals surface area contributed by atoms with E-state index < -0.39 is 6.03 Å². The first-order chi connectivity index (χ1) is 8.10. The van der Waals surface area contributed by atoms with Crippen LogP contribution in [0.4, 0.5) is 4.79 Å². The Kier molecular flexibility index (Phi) is 5.33. The zero-order chi connectivity index (χ0) is 12.8. The normalized spacial score (nSPS) is 22.9. The van der Waals surface area contributed by atoms with E-state index in [1.54, 1.807) is 6.92 Å². The molecule has 0 radical (unpaired) electrons. The first-order valence-corrected chi connectivity index (χ1v) is 5.79. The van der Waals surface area contributed by atoms with Gasteiger partial charge in [0.25, 0.3) is 0 Å². The number of carbonyl (C=O) groups excluding carboxylic acids is 2. The highest BCUT2D eigenvalue weighted by Gasteiger charge is 2.29. The van der Waals surface area contributed by atoms with Crippen LogP contribution in [0.15, 0.2) is 0 Å². The Labute approximate surface area is 101 Å². The third-order valence-corrected chi connectivity index (χ3v) is 3.01. The molecule has 0 aromatic heterocycles. The SMILES string of the molecule is CNC(=O)NC(=O)C(C)N1CCNCC1CN. The maximum absolute atomic E-state index is 11.8. The molecule has 2 atom stereocenters. The number of hydrogen-bond acceptors (Lipinski definition) is 5. The van der Waals surface area contributed by atoms with E-state index in [4.69, 9.17) is 5.73 Å². The van der Waals surface area contributed by atoms with E-state index in [-0.39, 0.29) is 18.0 Å². The van der Waals surface area contributed by atoms with E-state index in [2.05, 4.69) is 16.0 Å². The van der Waals surface area contributed by atoms with Crippen LogP contribution in [0.1, 0.15) is 6.92 Å². The average molecular weight is 243 g/mol. The monoisotopic (exact) mass is 243 g/mol. The van der Waals surface area contributed by atoms with Crippen LogP contribution in [0.25, 0.3) is 0 Å². The molecule has 7 nitrogen and oxygen atoms in total. The van der Waals surface area contributed by atoms with Gasteiger partial charge in [-0.3, -0.25) is 15.0 Å². The first-order valence-electron chi connectivity index (χ1n) is 5.79. The second-order valence-electron chi connectivity index (χ2n) is 4.08. The molecule has 1 saturated heterocycles. The van der Waals surface area contributed by atoms with Crippen LogP contribution in [0.3, 0.4) is 0 Å². The zero-order valence-electron chi connectivity index (χ0n) is 10.3. The maximum Gasteiger partial charge on any atom is 0.321 e. The maximum atomic E-state index is 11.8. The van der Waals surface area contributed by atoms with Crippen molar-refractivity contribution < 1.29 is 9.59 Å². The van der Waals surface area contributed by atoms with Crippen molar-refractivity contribution in [3.8, 4) is 0 Å². The molecule has 1 rings (SSSR count). The van der Waals surface area contributed by atoms with Gasteiger partial charge >= 0.3 is 6.03 Å². The number of amides is 3. The Morgan fingerprint density at radius 2 is 2.29 bits per heavy atom. The number of rotatable bonds is 3. The van der Waals surface area contributed by atoms with Gasteiger partial charge in [0, 0.05) is 39.3 Å². The lowest BCUT2D eigenvalue weighted by molar-refractivity contribution is -0.125. The molecule has 1 aliphatic heterocycles. The fourth-order valence-electron chi connectivity index (χ4n) is 1.93. The Balaban J connectivity index is 2.57. The minimum absolute atomic E-state index is 0.134. The Morgan fingerprint density at radius 1 is 1.59 bits per heavy atom. The van der Waals surface area contributed by atoms with Crippen molar-refractivity contribution in [3.05, 3.63) is 0 Å².